The van der Waals surface area contributed by atoms with Gasteiger partial charge in [-0.3, -0.25) is 19.3 Å². The van der Waals surface area contributed by atoms with Gasteiger partial charge in [0.1, 0.15) is 0 Å². The number of nitrogens with zero attached hydrogens (tertiary/aromatic N) is 2. The zero-order valence-electron chi connectivity index (χ0n) is 17.2. The normalized spacial score (nSPS) is 15.2. The first-order valence-electron chi connectivity index (χ1n) is 10.0. The fraction of sp³-hybridized carbons (Fsp3) is 0.381. The first kappa shape index (κ1) is 23.7. The molecule has 0 atom stereocenters. The quantitative estimate of drug-likeness (QED) is 0.683. The summed E-state index contributed by atoms with van der Waals surface area (Å²) >= 11 is 1.29. The molecule has 1 aliphatic rings. The molecule has 2 aromatic rings. The standard InChI is InChI=1S/C21H23F3N4O3S/c22-21(23,24)15-5-1-2-6-16(15)26-18(29)14-27-8-4-9-28(11-10-27)19(30)13-25-20(31)17-7-3-12-32-17/h1-3,5-7,12H,4,8-11,13-14H2,(H,25,31)(H,26,29). The number of para-hydroxylation sites is 1. The first-order chi connectivity index (χ1) is 15.2. The average Bonchev–Trinajstić information content (AvgIpc) is 3.19. The topological polar surface area (TPSA) is 81.8 Å². The molecule has 0 bridgehead atoms. The predicted octanol–water partition coefficient (Wildman–Crippen LogP) is 2.67. The number of benzene rings is 1. The summed E-state index contributed by atoms with van der Waals surface area (Å²) < 4.78 is 39.3. The van der Waals surface area contributed by atoms with Gasteiger partial charge < -0.3 is 15.5 Å². The highest BCUT2D eigenvalue weighted by Gasteiger charge is 2.33. The number of alkyl halides is 3. The molecule has 0 unspecified atom stereocenters. The van der Waals surface area contributed by atoms with Crippen LogP contribution in [0, 0.1) is 0 Å². The lowest BCUT2D eigenvalue weighted by atomic mass is 10.1. The van der Waals surface area contributed by atoms with Gasteiger partial charge in [-0.25, -0.2) is 0 Å². The molecule has 1 aromatic heterocycles. The summed E-state index contributed by atoms with van der Waals surface area (Å²) in [6, 6.07) is 8.25. The van der Waals surface area contributed by atoms with E-state index in [0.29, 0.717) is 37.5 Å². The van der Waals surface area contributed by atoms with Crippen molar-refractivity contribution in [3.8, 4) is 0 Å². The number of amides is 3. The average molecular weight is 469 g/mol. The summed E-state index contributed by atoms with van der Waals surface area (Å²) in [7, 11) is 0. The summed E-state index contributed by atoms with van der Waals surface area (Å²) in [6.07, 6.45) is -3.96. The molecule has 1 aromatic carbocycles. The Hall–Kier alpha value is -2.92. The highest BCUT2D eigenvalue weighted by Crippen LogP contribution is 2.34. The monoisotopic (exact) mass is 468 g/mol. The minimum Gasteiger partial charge on any atom is -0.342 e. The second-order valence-electron chi connectivity index (χ2n) is 7.26. The van der Waals surface area contributed by atoms with Crippen molar-refractivity contribution in [3.63, 3.8) is 0 Å². The van der Waals surface area contributed by atoms with Gasteiger partial charge in [-0.2, -0.15) is 13.2 Å². The zero-order chi connectivity index (χ0) is 23.1. The number of carbonyl (C=O) groups excluding carboxylic acids is 3. The molecule has 1 aliphatic heterocycles. The van der Waals surface area contributed by atoms with Crippen LogP contribution in [0.5, 0.6) is 0 Å². The van der Waals surface area contributed by atoms with Crippen LogP contribution in [0.25, 0.3) is 0 Å². The van der Waals surface area contributed by atoms with Crippen molar-refractivity contribution in [2.45, 2.75) is 12.6 Å². The summed E-state index contributed by atoms with van der Waals surface area (Å²) in [6.45, 7) is 1.57. The number of rotatable bonds is 6. The Morgan fingerprint density at radius 3 is 2.50 bits per heavy atom. The van der Waals surface area contributed by atoms with E-state index in [1.54, 1.807) is 27.3 Å². The predicted molar refractivity (Wildman–Crippen MR) is 114 cm³/mol. The number of halogens is 3. The second kappa shape index (κ2) is 10.6. The van der Waals surface area contributed by atoms with Crippen molar-refractivity contribution >= 4 is 34.7 Å². The van der Waals surface area contributed by atoms with E-state index in [2.05, 4.69) is 10.6 Å². The molecule has 1 saturated heterocycles. The van der Waals surface area contributed by atoms with Crippen LogP contribution >= 0.6 is 11.3 Å². The maximum absolute atomic E-state index is 13.1. The van der Waals surface area contributed by atoms with Crippen LogP contribution in [0.2, 0.25) is 0 Å². The van der Waals surface area contributed by atoms with E-state index >= 15 is 0 Å². The lowest BCUT2D eigenvalue weighted by Gasteiger charge is -2.22. The third-order valence-electron chi connectivity index (χ3n) is 4.96. The molecule has 0 spiro atoms. The molecule has 2 N–H and O–H groups in total. The molecule has 2 heterocycles. The highest BCUT2D eigenvalue weighted by atomic mass is 32.1. The summed E-state index contributed by atoms with van der Waals surface area (Å²) in [4.78, 5) is 40.7. The number of carbonyl (C=O) groups is 3. The molecule has 0 aliphatic carbocycles. The smallest absolute Gasteiger partial charge is 0.342 e. The van der Waals surface area contributed by atoms with Crippen molar-refractivity contribution < 1.29 is 27.6 Å². The molecule has 32 heavy (non-hydrogen) atoms. The van der Waals surface area contributed by atoms with E-state index in [1.807, 2.05) is 0 Å². The number of nitrogens with one attached hydrogen (secondary N) is 2. The minimum atomic E-state index is -4.56. The van der Waals surface area contributed by atoms with Gasteiger partial charge in [0.15, 0.2) is 0 Å². The number of hydrogen-bond donors (Lipinski definition) is 2. The Kier molecular flexibility index (Phi) is 7.86. The van der Waals surface area contributed by atoms with E-state index < -0.39 is 17.6 Å². The summed E-state index contributed by atoms with van der Waals surface area (Å²) in [5.74, 6) is -1.08. The number of anilines is 1. The molecular weight excluding hydrogens is 445 g/mol. The third kappa shape index (κ3) is 6.54. The van der Waals surface area contributed by atoms with Crippen LogP contribution < -0.4 is 10.6 Å². The largest absolute Gasteiger partial charge is 0.418 e. The number of hydrogen-bond acceptors (Lipinski definition) is 5. The maximum atomic E-state index is 13.1. The molecule has 3 rings (SSSR count). The van der Waals surface area contributed by atoms with Crippen LogP contribution in [-0.2, 0) is 15.8 Å². The van der Waals surface area contributed by atoms with Crippen molar-refractivity contribution in [2.75, 3.05) is 44.6 Å². The summed E-state index contributed by atoms with van der Waals surface area (Å²) in [5.41, 5.74) is -1.18. The Balaban J connectivity index is 1.47. The van der Waals surface area contributed by atoms with Gasteiger partial charge in [-0.05, 0) is 30.0 Å². The van der Waals surface area contributed by atoms with Gasteiger partial charge in [-0.15, -0.1) is 11.3 Å². The Morgan fingerprint density at radius 2 is 1.78 bits per heavy atom. The van der Waals surface area contributed by atoms with Gasteiger partial charge in [0, 0.05) is 26.2 Å². The molecule has 11 heteroatoms. The van der Waals surface area contributed by atoms with Crippen LogP contribution in [0.4, 0.5) is 18.9 Å². The van der Waals surface area contributed by atoms with Gasteiger partial charge in [-0.1, -0.05) is 18.2 Å². The van der Waals surface area contributed by atoms with Crippen molar-refractivity contribution in [1.82, 2.24) is 15.1 Å². The second-order valence-corrected chi connectivity index (χ2v) is 8.21. The summed E-state index contributed by atoms with van der Waals surface area (Å²) in [5, 5.41) is 6.71. The van der Waals surface area contributed by atoms with E-state index in [-0.39, 0.29) is 30.6 Å². The highest BCUT2D eigenvalue weighted by molar-refractivity contribution is 7.12. The van der Waals surface area contributed by atoms with Gasteiger partial charge in [0.05, 0.1) is 29.2 Å². The zero-order valence-corrected chi connectivity index (χ0v) is 18.0. The molecule has 1 fully saturated rings. The van der Waals surface area contributed by atoms with Gasteiger partial charge in [0.2, 0.25) is 11.8 Å². The van der Waals surface area contributed by atoms with Crippen LogP contribution in [0.15, 0.2) is 41.8 Å². The minimum absolute atomic E-state index is 0.0800. The Labute approximate surface area is 187 Å². The van der Waals surface area contributed by atoms with Gasteiger partial charge >= 0.3 is 6.18 Å². The number of thiophene rings is 1. The SMILES string of the molecule is O=C(CN1CCCN(C(=O)CNC(=O)c2cccs2)CC1)Nc1ccccc1C(F)(F)F. The van der Waals surface area contributed by atoms with Crippen molar-refractivity contribution in [3.05, 3.63) is 52.2 Å². The molecule has 0 radical (unpaired) electrons. The molecule has 7 nitrogen and oxygen atoms in total. The van der Waals surface area contributed by atoms with E-state index in [0.717, 1.165) is 6.07 Å². The Morgan fingerprint density at radius 1 is 1.00 bits per heavy atom. The van der Waals surface area contributed by atoms with Crippen LogP contribution in [0.3, 0.4) is 0 Å². The maximum Gasteiger partial charge on any atom is 0.418 e. The van der Waals surface area contributed by atoms with Crippen molar-refractivity contribution in [2.24, 2.45) is 0 Å². The molecule has 3 amide bonds. The van der Waals surface area contributed by atoms with E-state index in [1.165, 1.54) is 29.5 Å². The lowest BCUT2D eigenvalue weighted by molar-refractivity contribution is -0.137. The van der Waals surface area contributed by atoms with E-state index in [9.17, 15) is 27.6 Å². The molecular formula is C21H23F3N4O3S. The fourth-order valence-corrected chi connectivity index (χ4v) is 4.01. The molecule has 172 valence electrons. The first-order valence-corrected chi connectivity index (χ1v) is 10.9. The fourth-order valence-electron chi connectivity index (χ4n) is 3.37. The van der Waals surface area contributed by atoms with Crippen molar-refractivity contribution in [1.29, 1.82) is 0 Å². The van der Waals surface area contributed by atoms with Crippen LogP contribution in [-0.4, -0.2) is 66.8 Å². The van der Waals surface area contributed by atoms with Crippen LogP contribution in [0.1, 0.15) is 21.7 Å². The molecule has 0 saturated carbocycles. The van der Waals surface area contributed by atoms with E-state index in [4.69, 9.17) is 0 Å². The Bertz CT molecular complexity index is 950. The van der Waals surface area contributed by atoms with Gasteiger partial charge in [0.25, 0.3) is 5.91 Å². The lowest BCUT2D eigenvalue weighted by Crippen LogP contribution is -2.42. The third-order valence-corrected chi connectivity index (χ3v) is 5.83.